The van der Waals surface area contributed by atoms with Crippen LogP contribution in [0.2, 0.25) is 0 Å². The number of rotatable bonds is 14. The summed E-state index contributed by atoms with van der Waals surface area (Å²) in [5, 5.41) is 0. The van der Waals surface area contributed by atoms with Gasteiger partial charge >= 0.3 is 0 Å². The zero-order chi connectivity index (χ0) is 26.6. The summed E-state index contributed by atoms with van der Waals surface area (Å²) in [5.74, 6) is 2.55. The Morgan fingerprint density at radius 3 is 2.30 bits per heavy atom. The van der Waals surface area contributed by atoms with Crippen molar-refractivity contribution < 1.29 is 23.5 Å². The molecule has 0 unspecified atom stereocenters. The minimum atomic E-state index is -0.149. The van der Waals surface area contributed by atoms with Gasteiger partial charge in [0.15, 0.2) is 11.5 Å². The summed E-state index contributed by atoms with van der Waals surface area (Å²) in [6.07, 6.45) is 3.21. The van der Waals surface area contributed by atoms with E-state index in [2.05, 4.69) is 6.58 Å². The molecule has 0 aliphatic rings. The molecule has 0 aliphatic heterocycles. The average molecular weight is 505 g/mol. The van der Waals surface area contributed by atoms with Crippen LogP contribution in [-0.4, -0.2) is 55.5 Å². The Morgan fingerprint density at radius 2 is 1.65 bits per heavy atom. The summed E-state index contributed by atoms with van der Waals surface area (Å²) in [6.45, 7) is 6.70. The maximum absolute atomic E-state index is 13.5. The molecule has 0 bridgehead atoms. The van der Waals surface area contributed by atoms with E-state index in [0.717, 1.165) is 16.9 Å². The van der Waals surface area contributed by atoms with Crippen LogP contribution in [0, 0.1) is 6.92 Å². The molecule has 2 aromatic carbocycles. The maximum Gasteiger partial charge on any atom is 0.242 e. The highest BCUT2D eigenvalue weighted by Gasteiger charge is 2.22. The van der Waals surface area contributed by atoms with Crippen LogP contribution in [0.1, 0.15) is 29.1 Å². The number of aryl methyl sites for hydroxylation is 2. The van der Waals surface area contributed by atoms with E-state index < -0.39 is 0 Å². The molecule has 2 amide bonds. The molecule has 3 rings (SSSR count). The van der Waals surface area contributed by atoms with Crippen LogP contribution in [0.25, 0.3) is 0 Å². The summed E-state index contributed by atoms with van der Waals surface area (Å²) in [6, 6.07) is 19.3. The second-order valence-electron chi connectivity index (χ2n) is 8.82. The third kappa shape index (κ3) is 8.27. The summed E-state index contributed by atoms with van der Waals surface area (Å²) < 4.78 is 16.5. The summed E-state index contributed by atoms with van der Waals surface area (Å²) in [4.78, 5) is 29.8. The number of amides is 2. The van der Waals surface area contributed by atoms with Crippen LogP contribution < -0.4 is 9.47 Å². The molecule has 0 fully saturated rings. The smallest absolute Gasteiger partial charge is 0.242 e. The normalized spacial score (nSPS) is 10.6. The van der Waals surface area contributed by atoms with Crippen LogP contribution in [0.4, 0.5) is 0 Å². The van der Waals surface area contributed by atoms with E-state index in [9.17, 15) is 9.59 Å². The molecule has 1 heterocycles. The first-order valence-electron chi connectivity index (χ1n) is 12.4. The number of methoxy groups -OCH3 is 2. The zero-order valence-corrected chi connectivity index (χ0v) is 21.9. The third-order valence-corrected chi connectivity index (χ3v) is 6.11. The monoisotopic (exact) mass is 504 g/mol. The van der Waals surface area contributed by atoms with Crippen molar-refractivity contribution in [1.29, 1.82) is 0 Å². The average Bonchev–Trinajstić information content (AvgIpc) is 3.34. The Bertz CT molecular complexity index is 1170. The predicted octanol–water partition coefficient (Wildman–Crippen LogP) is 4.82. The van der Waals surface area contributed by atoms with E-state index in [0.29, 0.717) is 56.2 Å². The number of hydrogen-bond donors (Lipinski definition) is 0. The van der Waals surface area contributed by atoms with Crippen molar-refractivity contribution in [3.8, 4) is 11.5 Å². The molecule has 0 radical (unpaired) electrons. The van der Waals surface area contributed by atoms with E-state index in [-0.39, 0.29) is 18.4 Å². The highest BCUT2D eigenvalue weighted by atomic mass is 16.5. The van der Waals surface area contributed by atoms with Crippen LogP contribution >= 0.6 is 0 Å². The number of furan rings is 1. The Morgan fingerprint density at radius 1 is 0.892 bits per heavy atom. The molecule has 3 aromatic rings. The highest BCUT2D eigenvalue weighted by molar-refractivity contribution is 5.85. The molecule has 1 aromatic heterocycles. The van der Waals surface area contributed by atoms with Gasteiger partial charge in [-0.15, -0.1) is 6.58 Å². The maximum atomic E-state index is 13.5. The van der Waals surface area contributed by atoms with Gasteiger partial charge in [-0.2, -0.15) is 0 Å². The minimum absolute atomic E-state index is 0.0226. The Labute approximate surface area is 219 Å². The van der Waals surface area contributed by atoms with Gasteiger partial charge in [0.05, 0.1) is 20.8 Å². The molecule has 0 N–H and O–H groups in total. The molecule has 0 atom stereocenters. The van der Waals surface area contributed by atoms with E-state index in [1.165, 1.54) is 0 Å². The molecule has 7 heteroatoms. The highest BCUT2D eigenvalue weighted by Crippen LogP contribution is 2.28. The Balaban J connectivity index is 1.70. The lowest BCUT2D eigenvalue weighted by atomic mass is 10.1. The first-order valence-corrected chi connectivity index (χ1v) is 12.4. The summed E-state index contributed by atoms with van der Waals surface area (Å²) >= 11 is 0. The Kier molecular flexibility index (Phi) is 10.4. The van der Waals surface area contributed by atoms with Crippen molar-refractivity contribution in [3.05, 3.63) is 96.0 Å². The molecule has 37 heavy (non-hydrogen) atoms. The van der Waals surface area contributed by atoms with Gasteiger partial charge in [0, 0.05) is 19.5 Å². The molecule has 0 aliphatic carbocycles. The fraction of sp³-hybridized carbons (Fsp3) is 0.333. The number of hydrogen-bond acceptors (Lipinski definition) is 5. The van der Waals surface area contributed by atoms with Gasteiger partial charge in [0.1, 0.15) is 18.1 Å². The predicted molar refractivity (Wildman–Crippen MR) is 144 cm³/mol. The van der Waals surface area contributed by atoms with Crippen LogP contribution in [0.3, 0.4) is 0 Å². The fourth-order valence-corrected chi connectivity index (χ4v) is 4.08. The van der Waals surface area contributed by atoms with Crippen molar-refractivity contribution in [2.45, 2.75) is 32.7 Å². The second-order valence-corrected chi connectivity index (χ2v) is 8.82. The largest absolute Gasteiger partial charge is 0.493 e. The first kappa shape index (κ1) is 27.6. The number of carbonyl (C=O) groups excluding carboxylic acids is 2. The van der Waals surface area contributed by atoms with Gasteiger partial charge in [-0.1, -0.05) is 42.5 Å². The minimum Gasteiger partial charge on any atom is -0.493 e. The number of benzene rings is 2. The number of carbonyl (C=O) groups is 2. The first-order chi connectivity index (χ1) is 17.9. The summed E-state index contributed by atoms with van der Waals surface area (Å²) in [5.41, 5.74) is 2.10. The van der Waals surface area contributed by atoms with Gasteiger partial charge in [-0.25, -0.2) is 0 Å². The van der Waals surface area contributed by atoms with E-state index in [1.54, 1.807) is 30.1 Å². The van der Waals surface area contributed by atoms with Crippen LogP contribution in [-0.2, 0) is 29.0 Å². The topological polar surface area (TPSA) is 72.2 Å². The molecular weight excluding hydrogens is 468 g/mol. The summed E-state index contributed by atoms with van der Waals surface area (Å²) in [7, 11) is 3.19. The van der Waals surface area contributed by atoms with E-state index in [4.69, 9.17) is 13.9 Å². The third-order valence-electron chi connectivity index (χ3n) is 6.11. The SMILES string of the molecule is C=CCN(CC(=O)N(CCc1ccc(OC)c(OC)c1)Cc1ccc(C)o1)C(=O)CCc1ccccc1. The molecular formula is C30H36N2O5. The van der Waals surface area contributed by atoms with Gasteiger partial charge in [0.2, 0.25) is 11.8 Å². The van der Waals surface area contributed by atoms with Gasteiger partial charge < -0.3 is 23.7 Å². The molecule has 0 spiro atoms. The lowest BCUT2D eigenvalue weighted by Crippen LogP contribution is -2.43. The van der Waals surface area contributed by atoms with Crippen molar-refractivity contribution >= 4 is 11.8 Å². The molecule has 196 valence electrons. The van der Waals surface area contributed by atoms with Gasteiger partial charge in [-0.3, -0.25) is 9.59 Å². The molecule has 7 nitrogen and oxygen atoms in total. The van der Waals surface area contributed by atoms with Gasteiger partial charge in [0.25, 0.3) is 0 Å². The Hall–Kier alpha value is -4.00. The standard InChI is InChI=1S/C30H36N2O5/c1-5-18-31(29(33)16-13-24-9-7-6-8-10-24)22-30(34)32(21-26-14-11-23(2)37-26)19-17-25-12-15-27(35-3)28(20-25)36-4/h5-12,14-15,20H,1,13,16-19,21-22H2,2-4H3. The number of nitrogens with zero attached hydrogens (tertiary/aromatic N) is 2. The van der Waals surface area contributed by atoms with Crippen molar-refractivity contribution in [2.24, 2.45) is 0 Å². The van der Waals surface area contributed by atoms with E-state index in [1.807, 2.05) is 67.6 Å². The van der Waals surface area contributed by atoms with Crippen molar-refractivity contribution in [3.63, 3.8) is 0 Å². The zero-order valence-electron chi connectivity index (χ0n) is 21.9. The van der Waals surface area contributed by atoms with Crippen molar-refractivity contribution in [2.75, 3.05) is 33.9 Å². The number of ether oxygens (including phenoxy) is 2. The quantitative estimate of drug-likeness (QED) is 0.294. The second kappa shape index (κ2) is 13.9. The van der Waals surface area contributed by atoms with Crippen LogP contribution in [0.15, 0.2) is 77.7 Å². The van der Waals surface area contributed by atoms with Crippen LogP contribution in [0.5, 0.6) is 11.5 Å². The lowest BCUT2D eigenvalue weighted by Gasteiger charge is -2.27. The van der Waals surface area contributed by atoms with Crippen molar-refractivity contribution in [1.82, 2.24) is 9.80 Å². The lowest BCUT2D eigenvalue weighted by molar-refractivity contribution is -0.140. The molecule has 0 saturated heterocycles. The van der Waals surface area contributed by atoms with Gasteiger partial charge in [-0.05, 0) is 55.2 Å². The van der Waals surface area contributed by atoms with E-state index >= 15 is 0 Å². The fourth-order valence-electron chi connectivity index (χ4n) is 4.08. The molecule has 0 saturated carbocycles.